The van der Waals surface area contributed by atoms with Crippen molar-refractivity contribution in [3.63, 3.8) is 0 Å². The zero-order valence-corrected chi connectivity index (χ0v) is 10.7. The third-order valence-electron chi connectivity index (χ3n) is 2.62. The summed E-state index contributed by atoms with van der Waals surface area (Å²) >= 11 is 1.70. The second-order valence-corrected chi connectivity index (χ2v) is 4.43. The molecule has 1 atom stereocenters. The first-order valence-electron chi connectivity index (χ1n) is 5.37. The minimum Gasteiger partial charge on any atom is -0.481 e. The maximum Gasteiger partial charge on any atom is 0.216 e. The molecular weight excluding hydrogens is 234 g/mol. The summed E-state index contributed by atoms with van der Waals surface area (Å²) in [6, 6.07) is 4.28. The summed E-state index contributed by atoms with van der Waals surface area (Å²) in [5.41, 5.74) is 2.26. The summed E-state index contributed by atoms with van der Waals surface area (Å²) in [5.74, 6) is 0.607. The third-order valence-corrected chi connectivity index (χ3v) is 3.32. The summed E-state index contributed by atoms with van der Waals surface area (Å²) in [7, 11) is 3.57. The van der Waals surface area contributed by atoms with Crippen molar-refractivity contribution in [1.82, 2.24) is 15.3 Å². The molecule has 0 fully saturated rings. The Morgan fingerprint density at radius 3 is 3.00 bits per heavy atom. The highest BCUT2D eigenvalue weighted by atomic mass is 32.1. The fourth-order valence-corrected chi connectivity index (χ4v) is 2.38. The van der Waals surface area contributed by atoms with E-state index in [1.165, 1.54) is 11.9 Å². The molecule has 2 rings (SSSR count). The Bertz CT molecular complexity index is 459. The molecule has 2 aromatic rings. The number of rotatable bonds is 5. The van der Waals surface area contributed by atoms with Gasteiger partial charge in [0.15, 0.2) is 0 Å². The smallest absolute Gasteiger partial charge is 0.216 e. The average molecular weight is 249 g/mol. The van der Waals surface area contributed by atoms with Gasteiger partial charge in [0.25, 0.3) is 0 Å². The second kappa shape index (κ2) is 5.75. The van der Waals surface area contributed by atoms with Gasteiger partial charge in [0.2, 0.25) is 5.88 Å². The van der Waals surface area contributed by atoms with E-state index in [4.69, 9.17) is 4.74 Å². The number of aromatic nitrogens is 2. The Hall–Kier alpha value is -1.46. The molecule has 0 aromatic carbocycles. The molecule has 4 nitrogen and oxygen atoms in total. The van der Waals surface area contributed by atoms with Crippen LogP contribution in [0, 0.1) is 0 Å². The standard InChI is InChI=1S/C12H15N3OS/c1-13-11(9-3-4-17-7-9)5-10-6-12(16-2)15-8-14-10/h3-4,6-8,11,13H,5H2,1-2H3. The van der Waals surface area contributed by atoms with E-state index in [1.807, 2.05) is 13.1 Å². The molecule has 1 N–H and O–H groups in total. The lowest BCUT2D eigenvalue weighted by Crippen LogP contribution is -2.18. The SMILES string of the molecule is CNC(Cc1cc(OC)ncn1)c1ccsc1. The number of likely N-dealkylation sites (N-methyl/N-ethyl adjacent to an activating group) is 1. The monoisotopic (exact) mass is 249 g/mol. The van der Waals surface area contributed by atoms with Crippen LogP contribution in [0.25, 0.3) is 0 Å². The van der Waals surface area contributed by atoms with Crippen molar-refractivity contribution in [2.75, 3.05) is 14.2 Å². The highest BCUT2D eigenvalue weighted by Crippen LogP contribution is 2.20. The van der Waals surface area contributed by atoms with Crippen LogP contribution < -0.4 is 10.1 Å². The Morgan fingerprint density at radius 1 is 1.47 bits per heavy atom. The Balaban J connectivity index is 2.13. The van der Waals surface area contributed by atoms with Crippen molar-refractivity contribution in [1.29, 1.82) is 0 Å². The lowest BCUT2D eigenvalue weighted by Gasteiger charge is -2.14. The molecule has 0 bridgehead atoms. The molecule has 1 unspecified atom stereocenters. The fourth-order valence-electron chi connectivity index (χ4n) is 1.67. The molecule has 0 aliphatic carbocycles. The molecule has 0 radical (unpaired) electrons. The van der Waals surface area contributed by atoms with Crippen LogP contribution in [0.15, 0.2) is 29.2 Å². The predicted molar refractivity (Wildman–Crippen MR) is 68.4 cm³/mol. The number of nitrogens with zero attached hydrogens (tertiary/aromatic N) is 2. The van der Waals surface area contributed by atoms with E-state index in [1.54, 1.807) is 18.4 Å². The lowest BCUT2D eigenvalue weighted by molar-refractivity contribution is 0.395. The van der Waals surface area contributed by atoms with E-state index in [2.05, 4.69) is 32.1 Å². The summed E-state index contributed by atoms with van der Waals surface area (Å²) in [6.07, 6.45) is 2.36. The maximum atomic E-state index is 5.09. The van der Waals surface area contributed by atoms with Gasteiger partial charge in [0.1, 0.15) is 6.33 Å². The molecule has 0 saturated heterocycles. The topological polar surface area (TPSA) is 47.0 Å². The molecule has 0 amide bonds. The molecular formula is C12H15N3OS. The molecule has 0 saturated carbocycles. The van der Waals surface area contributed by atoms with Crippen molar-refractivity contribution >= 4 is 11.3 Å². The summed E-state index contributed by atoms with van der Waals surface area (Å²) in [6.45, 7) is 0. The zero-order chi connectivity index (χ0) is 12.1. The van der Waals surface area contributed by atoms with Crippen LogP contribution in [0.5, 0.6) is 5.88 Å². The quantitative estimate of drug-likeness (QED) is 0.881. The number of nitrogens with one attached hydrogen (secondary N) is 1. The van der Waals surface area contributed by atoms with Gasteiger partial charge in [-0.15, -0.1) is 0 Å². The van der Waals surface area contributed by atoms with Gasteiger partial charge >= 0.3 is 0 Å². The van der Waals surface area contributed by atoms with Gasteiger partial charge in [-0.1, -0.05) is 0 Å². The zero-order valence-electron chi connectivity index (χ0n) is 9.88. The first kappa shape index (κ1) is 12.0. The Labute approximate surface area is 105 Å². The van der Waals surface area contributed by atoms with Gasteiger partial charge < -0.3 is 10.1 Å². The molecule has 90 valence electrons. The number of methoxy groups -OCH3 is 1. The fraction of sp³-hybridized carbons (Fsp3) is 0.333. The number of ether oxygens (including phenoxy) is 1. The van der Waals surface area contributed by atoms with Crippen molar-refractivity contribution in [2.45, 2.75) is 12.5 Å². The van der Waals surface area contributed by atoms with Crippen LogP contribution >= 0.6 is 11.3 Å². The average Bonchev–Trinajstić information content (AvgIpc) is 2.90. The highest BCUT2D eigenvalue weighted by molar-refractivity contribution is 7.07. The van der Waals surface area contributed by atoms with E-state index in [0.29, 0.717) is 5.88 Å². The molecule has 5 heteroatoms. The molecule has 0 aliphatic rings. The van der Waals surface area contributed by atoms with Gasteiger partial charge in [0.05, 0.1) is 7.11 Å². The first-order valence-corrected chi connectivity index (χ1v) is 6.32. The largest absolute Gasteiger partial charge is 0.481 e. The van der Waals surface area contributed by atoms with Crippen LogP contribution in [0.2, 0.25) is 0 Å². The molecule has 2 aromatic heterocycles. The maximum absolute atomic E-state index is 5.09. The summed E-state index contributed by atoms with van der Waals surface area (Å²) in [5, 5.41) is 7.53. The van der Waals surface area contributed by atoms with Crippen LogP contribution in [0.4, 0.5) is 0 Å². The Morgan fingerprint density at radius 2 is 2.35 bits per heavy atom. The minimum atomic E-state index is 0.279. The summed E-state index contributed by atoms with van der Waals surface area (Å²) in [4.78, 5) is 8.26. The van der Waals surface area contributed by atoms with Crippen molar-refractivity contribution < 1.29 is 4.74 Å². The van der Waals surface area contributed by atoms with Gasteiger partial charge in [-0.3, -0.25) is 0 Å². The van der Waals surface area contributed by atoms with Gasteiger partial charge in [-0.05, 0) is 29.4 Å². The molecule has 2 heterocycles. The van der Waals surface area contributed by atoms with Crippen molar-refractivity contribution in [2.24, 2.45) is 0 Å². The van der Waals surface area contributed by atoms with E-state index >= 15 is 0 Å². The summed E-state index contributed by atoms with van der Waals surface area (Å²) < 4.78 is 5.09. The first-order chi connectivity index (χ1) is 8.33. The highest BCUT2D eigenvalue weighted by Gasteiger charge is 2.11. The van der Waals surface area contributed by atoms with Gasteiger partial charge in [-0.2, -0.15) is 11.3 Å². The van der Waals surface area contributed by atoms with Crippen LogP contribution in [0.3, 0.4) is 0 Å². The minimum absolute atomic E-state index is 0.279. The number of hydrogen-bond acceptors (Lipinski definition) is 5. The van der Waals surface area contributed by atoms with Crippen molar-refractivity contribution in [3.8, 4) is 5.88 Å². The van der Waals surface area contributed by atoms with E-state index in [9.17, 15) is 0 Å². The van der Waals surface area contributed by atoms with E-state index in [0.717, 1.165) is 12.1 Å². The van der Waals surface area contributed by atoms with Gasteiger partial charge in [0, 0.05) is 24.2 Å². The van der Waals surface area contributed by atoms with Crippen LogP contribution in [0.1, 0.15) is 17.3 Å². The molecule has 0 aliphatic heterocycles. The molecule has 17 heavy (non-hydrogen) atoms. The second-order valence-electron chi connectivity index (χ2n) is 3.65. The van der Waals surface area contributed by atoms with Crippen LogP contribution in [-0.2, 0) is 6.42 Å². The lowest BCUT2D eigenvalue weighted by atomic mass is 10.1. The van der Waals surface area contributed by atoms with E-state index in [-0.39, 0.29) is 6.04 Å². The van der Waals surface area contributed by atoms with E-state index < -0.39 is 0 Å². The molecule has 0 spiro atoms. The third kappa shape index (κ3) is 3.01. The number of hydrogen-bond donors (Lipinski definition) is 1. The number of thiophene rings is 1. The normalized spacial score (nSPS) is 12.4. The predicted octanol–water partition coefficient (Wildman–Crippen LogP) is 2.05. The van der Waals surface area contributed by atoms with Crippen LogP contribution in [-0.4, -0.2) is 24.1 Å². The van der Waals surface area contributed by atoms with Crippen molar-refractivity contribution in [3.05, 3.63) is 40.5 Å². The Kier molecular flexibility index (Phi) is 4.06. The van der Waals surface area contributed by atoms with Gasteiger partial charge in [-0.25, -0.2) is 9.97 Å².